The molecule has 1 aliphatic carbocycles. The van der Waals surface area contributed by atoms with Crippen molar-refractivity contribution in [2.45, 2.75) is 44.7 Å². The predicted octanol–water partition coefficient (Wildman–Crippen LogP) is 5.59. The van der Waals surface area contributed by atoms with Gasteiger partial charge in [0.25, 0.3) is 11.7 Å². The van der Waals surface area contributed by atoms with Gasteiger partial charge in [-0.25, -0.2) is 0 Å². The Balaban J connectivity index is 1.73. The van der Waals surface area contributed by atoms with Crippen molar-refractivity contribution >= 4 is 40.0 Å². The van der Waals surface area contributed by atoms with Gasteiger partial charge in [0.05, 0.1) is 23.2 Å². The monoisotopic (exact) mass is 478 g/mol. The van der Waals surface area contributed by atoms with E-state index >= 15 is 0 Å². The maximum absolute atomic E-state index is 13.4. The minimum Gasteiger partial charge on any atom is -0.507 e. The fourth-order valence-electron chi connectivity index (χ4n) is 5.38. The van der Waals surface area contributed by atoms with Gasteiger partial charge < -0.3 is 19.3 Å². The molecule has 6 nitrogen and oxygen atoms in total. The zero-order valence-corrected chi connectivity index (χ0v) is 20.0. The van der Waals surface area contributed by atoms with Crippen molar-refractivity contribution < 1.29 is 19.4 Å². The Hall–Kier alpha value is -3.25. The van der Waals surface area contributed by atoms with Gasteiger partial charge in [-0.1, -0.05) is 42.6 Å². The highest BCUT2D eigenvalue weighted by Crippen LogP contribution is 2.46. The van der Waals surface area contributed by atoms with Gasteiger partial charge in [-0.05, 0) is 44.0 Å². The molecule has 1 saturated carbocycles. The number of carbonyl (C=O) groups is 2. The molecule has 2 aliphatic rings. The van der Waals surface area contributed by atoms with E-state index in [0.29, 0.717) is 22.9 Å². The number of aryl methyl sites for hydroxylation is 1. The lowest BCUT2D eigenvalue weighted by Gasteiger charge is -2.30. The summed E-state index contributed by atoms with van der Waals surface area (Å²) in [6.07, 6.45) is 5.70. The summed E-state index contributed by atoms with van der Waals surface area (Å²) in [5, 5.41) is 12.8. The molecule has 1 unspecified atom stereocenters. The third-order valence-electron chi connectivity index (χ3n) is 6.93. The van der Waals surface area contributed by atoms with Crippen molar-refractivity contribution in [2.75, 3.05) is 6.61 Å². The topological polar surface area (TPSA) is 71.8 Å². The molecule has 2 aromatic carbocycles. The Morgan fingerprint density at radius 1 is 1.15 bits per heavy atom. The lowest BCUT2D eigenvalue weighted by atomic mass is 9.94. The van der Waals surface area contributed by atoms with Gasteiger partial charge in [0.2, 0.25) is 0 Å². The molecular weight excluding hydrogens is 452 g/mol. The maximum Gasteiger partial charge on any atom is 0.295 e. The summed E-state index contributed by atoms with van der Waals surface area (Å²) >= 11 is 6.24. The molecule has 34 heavy (non-hydrogen) atoms. The Morgan fingerprint density at radius 3 is 2.62 bits per heavy atom. The van der Waals surface area contributed by atoms with Crippen LogP contribution < -0.4 is 4.74 Å². The predicted molar refractivity (Wildman–Crippen MR) is 132 cm³/mol. The highest BCUT2D eigenvalue weighted by molar-refractivity contribution is 6.47. The lowest BCUT2D eigenvalue weighted by molar-refractivity contribution is -0.141. The Kier molecular flexibility index (Phi) is 5.86. The third-order valence-corrected chi connectivity index (χ3v) is 7.24. The van der Waals surface area contributed by atoms with Crippen molar-refractivity contribution in [3.63, 3.8) is 0 Å². The van der Waals surface area contributed by atoms with E-state index in [1.807, 2.05) is 49.0 Å². The number of hydrogen-bond acceptors (Lipinski definition) is 4. The molecular formula is C27H27ClN2O4. The zero-order valence-electron chi connectivity index (χ0n) is 19.3. The van der Waals surface area contributed by atoms with E-state index in [2.05, 4.69) is 0 Å². The second kappa shape index (κ2) is 8.84. The average Bonchev–Trinajstić information content (AvgIpc) is 3.53. The normalized spacial score (nSPS) is 20.6. The first-order valence-corrected chi connectivity index (χ1v) is 12.1. The van der Waals surface area contributed by atoms with Gasteiger partial charge in [-0.3, -0.25) is 9.59 Å². The number of para-hydroxylation sites is 1. The highest BCUT2D eigenvalue weighted by atomic mass is 35.5. The number of halogens is 1. The van der Waals surface area contributed by atoms with Crippen molar-refractivity contribution in [1.82, 2.24) is 9.47 Å². The fraction of sp³-hybridized carbons (Fsp3) is 0.333. The van der Waals surface area contributed by atoms with E-state index in [4.69, 9.17) is 16.3 Å². The minimum absolute atomic E-state index is 0.0325. The van der Waals surface area contributed by atoms with Crippen LogP contribution >= 0.6 is 11.6 Å². The van der Waals surface area contributed by atoms with Gasteiger partial charge in [0, 0.05) is 41.3 Å². The standard InChI is InChI=1S/C27H27ClN2O4/c1-3-34-22-14-16(12-13-20(22)28)25(31)23-24(19-15-29(2)21-11-7-6-10-18(19)21)30(27(33)26(23)32)17-8-4-5-9-17/h6-7,10-15,17,24,31H,3-5,8-9H2,1-2H3/b25-23+. The summed E-state index contributed by atoms with van der Waals surface area (Å²) in [6, 6.07) is 12.1. The van der Waals surface area contributed by atoms with Crippen molar-refractivity contribution in [2.24, 2.45) is 7.05 Å². The van der Waals surface area contributed by atoms with Crippen LogP contribution in [-0.2, 0) is 16.6 Å². The Labute approximate surface area is 203 Å². The number of aliphatic hydroxyl groups excluding tert-OH is 1. The first-order chi connectivity index (χ1) is 16.4. The quantitative estimate of drug-likeness (QED) is 0.294. The summed E-state index contributed by atoms with van der Waals surface area (Å²) in [4.78, 5) is 28.5. The summed E-state index contributed by atoms with van der Waals surface area (Å²) in [6.45, 7) is 2.25. The van der Waals surface area contributed by atoms with E-state index in [-0.39, 0.29) is 17.4 Å². The van der Waals surface area contributed by atoms with Gasteiger partial charge in [0.1, 0.15) is 11.5 Å². The SMILES string of the molecule is CCOc1cc(/C(O)=C2\C(=O)C(=O)N(C3CCCC3)C2c2cn(C)c3ccccc23)ccc1Cl. The number of ketones is 1. The lowest BCUT2D eigenvalue weighted by Crippen LogP contribution is -2.37. The minimum atomic E-state index is -0.666. The van der Waals surface area contributed by atoms with E-state index < -0.39 is 17.7 Å². The molecule has 3 aromatic rings. The van der Waals surface area contributed by atoms with E-state index in [1.165, 1.54) is 0 Å². The summed E-state index contributed by atoms with van der Waals surface area (Å²) in [5.41, 5.74) is 2.34. The van der Waals surface area contributed by atoms with Crippen LogP contribution in [0.25, 0.3) is 16.7 Å². The molecule has 1 saturated heterocycles. The molecule has 1 N–H and O–H groups in total. The van der Waals surface area contributed by atoms with Crippen LogP contribution in [0, 0.1) is 0 Å². The molecule has 1 aromatic heterocycles. The fourth-order valence-corrected chi connectivity index (χ4v) is 5.55. The average molecular weight is 479 g/mol. The molecule has 5 rings (SSSR count). The molecule has 1 aliphatic heterocycles. The first kappa shape index (κ1) is 22.5. The van der Waals surface area contributed by atoms with Crippen molar-refractivity contribution in [1.29, 1.82) is 0 Å². The number of rotatable bonds is 5. The zero-order chi connectivity index (χ0) is 24.0. The molecule has 2 heterocycles. The summed E-state index contributed by atoms with van der Waals surface area (Å²) in [7, 11) is 1.95. The van der Waals surface area contributed by atoms with Crippen LogP contribution in [-0.4, -0.2) is 38.9 Å². The Bertz CT molecular complexity index is 1320. The second-order valence-corrected chi connectivity index (χ2v) is 9.34. The molecule has 7 heteroatoms. The number of benzene rings is 2. The van der Waals surface area contributed by atoms with Crippen LogP contribution in [0.1, 0.15) is 49.8 Å². The molecule has 1 atom stereocenters. The van der Waals surface area contributed by atoms with Crippen molar-refractivity contribution in [3.8, 4) is 5.75 Å². The molecule has 0 spiro atoms. The summed E-state index contributed by atoms with van der Waals surface area (Å²) < 4.78 is 7.58. The number of aromatic nitrogens is 1. The van der Waals surface area contributed by atoms with Crippen LogP contribution in [0.15, 0.2) is 54.2 Å². The third kappa shape index (κ3) is 3.57. The van der Waals surface area contributed by atoms with Gasteiger partial charge >= 0.3 is 0 Å². The largest absolute Gasteiger partial charge is 0.507 e. The highest BCUT2D eigenvalue weighted by Gasteiger charge is 2.50. The van der Waals surface area contributed by atoms with E-state index in [0.717, 1.165) is 42.1 Å². The van der Waals surface area contributed by atoms with Crippen LogP contribution in [0.3, 0.4) is 0 Å². The maximum atomic E-state index is 13.4. The van der Waals surface area contributed by atoms with Gasteiger partial charge in [-0.15, -0.1) is 0 Å². The van der Waals surface area contributed by atoms with Crippen LogP contribution in [0.4, 0.5) is 0 Å². The van der Waals surface area contributed by atoms with E-state index in [9.17, 15) is 14.7 Å². The smallest absolute Gasteiger partial charge is 0.295 e. The molecule has 1 amide bonds. The van der Waals surface area contributed by atoms with Gasteiger partial charge in [0.15, 0.2) is 0 Å². The number of carbonyl (C=O) groups excluding carboxylic acids is 2. The summed E-state index contributed by atoms with van der Waals surface area (Å²) in [5.74, 6) is -1.00. The molecule has 2 fully saturated rings. The number of Topliss-reactive ketones (excluding diaryl/α,β-unsaturated/α-hetero) is 1. The number of fused-ring (bicyclic) bond motifs is 1. The Morgan fingerprint density at radius 2 is 1.88 bits per heavy atom. The number of nitrogens with zero attached hydrogens (tertiary/aromatic N) is 2. The van der Waals surface area contributed by atoms with Crippen LogP contribution in [0.5, 0.6) is 5.75 Å². The number of aliphatic hydroxyl groups is 1. The molecule has 0 radical (unpaired) electrons. The van der Waals surface area contributed by atoms with E-state index in [1.54, 1.807) is 23.1 Å². The molecule has 0 bridgehead atoms. The van der Waals surface area contributed by atoms with Crippen molar-refractivity contribution in [3.05, 3.63) is 70.4 Å². The molecule has 176 valence electrons. The second-order valence-electron chi connectivity index (χ2n) is 8.94. The van der Waals surface area contributed by atoms with Gasteiger partial charge in [-0.2, -0.15) is 0 Å². The number of ether oxygens (including phenoxy) is 1. The first-order valence-electron chi connectivity index (χ1n) is 11.7. The van der Waals surface area contributed by atoms with Crippen LogP contribution in [0.2, 0.25) is 5.02 Å². The number of hydrogen-bond donors (Lipinski definition) is 1. The number of amides is 1. The number of likely N-dealkylation sites (tertiary alicyclic amines) is 1.